The van der Waals surface area contributed by atoms with Crippen LogP contribution in [0.25, 0.3) is 0 Å². The fourth-order valence-corrected chi connectivity index (χ4v) is 3.59. The molecule has 0 aromatic carbocycles. The van der Waals surface area contributed by atoms with Crippen molar-refractivity contribution in [2.24, 2.45) is 5.92 Å². The van der Waals surface area contributed by atoms with Crippen LogP contribution in [0.2, 0.25) is 0 Å². The second kappa shape index (κ2) is 6.17. The summed E-state index contributed by atoms with van der Waals surface area (Å²) in [6, 6.07) is 1.43. The van der Waals surface area contributed by atoms with Crippen LogP contribution in [0.15, 0.2) is 0 Å². The van der Waals surface area contributed by atoms with Crippen molar-refractivity contribution in [2.45, 2.75) is 45.7 Å². The molecular formula is C14H29N3. The summed E-state index contributed by atoms with van der Waals surface area (Å²) in [6.45, 7) is 14.5. The van der Waals surface area contributed by atoms with Crippen LogP contribution in [0.3, 0.4) is 0 Å². The lowest BCUT2D eigenvalue weighted by Gasteiger charge is -2.51. The van der Waals surface area contributed by atoms with Gasteiger partial charge in [-0.15, -0.1) is 0 Å². The standard InChI is InChI=1S/C14H29N3/c1-4-6-12(3)14(15-5-2)13-11-16-7-9-17(13)10-8-16/h12-15H,4-11H2,1-3H3. The Kier molecular flexibility index (Phi) is 4.83. The van der Waals surface area contributed by atoms with E-state index in [-0.39, 0.29) is 0 Å². The predicted molar refractivity (Wildman–Crippen MR) is 73.3 cm³/mol. The fourth-order valence-electron chi connectivity index (χ4n) is 3.59. The first-order valence-corrected chi connectivity index (χ1v) is 7.46. The second-order valence-electron chi connectivity index (χ2n) is 5.75. The Morgan fingerprint density at radius 2 is 1.88 bits per heavy atom. The van der Waals surface area contributed by atoms with E-state index < -0.39 is 0 Å². The van der Waals surface area contributed by atoms with E-state index in [4.69, 9.17) is 0 Å². The van der Waals surface area contributed by atoms with Crippen LogP contribution < -0.4 is 5.32 Å². The molecule has 3 aliphatic rings. The molecule has 3 rings (SSSR count). The van der Waals surface area contributed by atoms with Crippen molar-refractivity contribution in [3.8, 4) is 0 Å². The lowest BCUT2D eigenvalue weighted by atomic mass is 9.87. The lowest BCUT2D eigenvalue weighted by molar-refractivity contribution is -0.0122. The summed E-state index contributed by atoms with van der Waals surface area (Å²) in [7, 11) is 0. The van der Waals surface area contributed by atoms with Gasteiger partial charge < -0.3 is 5.32 Å². The summed E-state index contributed by atoms with van der Waals surface area (Å²) in [5, 5.41) is 3.75. The van der Waals surface area contributed by atoms with Gasteiger partial charge in [-0.1, -0.05) is 27.2 Å². The molecule has 17 heavy (non-hydrogen) atoms. The Hall–Kier alpha value is -0.120. The van der Waals surface area contributed by atoms with Gasteiger partial charge in [0.15, 0.2) is 0 Å². The van der Waals surface area contributed by atoms with Gasteiger partial charge in [-0.05, 0) is 18.9 Å². The van der Waals surface area contributed by atoms with Crippen molar-refractivity contribution >= 4 is 0 Å². The van der Waals surface area contributed by atoms with Gasteiger partial charge in [0, 0.05) is 44.8 Å². The summed E-state index contributed by atoms with van der Waals surface area (Å²) in [4.78, 5) is 5.37. The van der Waals surface area contributed by atoms with Crippen LogP contribution in [-0.4, -0.2) is 61.2 Å². The minimum absolute atomic E-state index is 0.683. The highest BCUT2D eigenvalue weighted by atomic mass is 15.4. The topological polar surface area (TPSA) is 18.5 Å². The molecule has 0 aromatic rings. The molecule has 0 spiro atoms. The number of nitrogens with one attached hydrogen (secondary N) is 1. The van der Waals surface area contributed by atoms with E-state index in [1.54, 1.807) is 0 Å². The second-order valence-corrected chi connectivity index (χ2v) is 5.75. The zero-order chi connectivity index (χ0) is 12.3. The number of likely N-dealkylation sites (N-methyl/N-ethyl adjacent to an activating group) is 1. The van der Waals surface area contributed by atoms with Crippen LogP contribution in [-0.2, 0) is 0 Å². The Morgan fingerprint density at radius 3 is 2.35 bits per heavy atom. The molecule has 3 heterocycles. The Bertz CT molecular complexity index is 224. The van der Waals surface area contributed by atoms with Crippen LogP contribution in [0.5, 0.6) is 0 Å². The third-order valence-corrected chi connectivity index (χ3v) is 4.53. The Morgan fingerprint density at radius 1 is 1.18 bits per heavy atom. The maximum atomic E-state index is 3.75. The lowest BCUT2D eigenvalue weighted by Crippen LogP contribution is -2.67. The minimum Gasteiger partial charge on any atom is -0.312 e. The highest BCUT2D eigenvalue weighted by Gasteiger charge is 2.38. The molecule has 0 amide bonds. The van der Waals surface area contributed by atoms with Crippen molar-refractivity contribution in [1.29, 1.82) is 0 Å². The van der Waals surface area contributed by atoms with Gasteiger partial charge in [0.2, 0.25) is 0 Å². The van der Waals surface area contributed by atoms with Crippen molar-refractivity contribution in [3.63, 3.8) is 0 Å². The van der Waals surface area contributed by atoms with Crippen LogP contribution in [0, 0.1) is 5.92 Å². The first kappa shape index (κ1) is 13.3. The molecule has 0 radical (unpaired) electrons. The molecule has 2 bridgehead atoms. The molecule has 0 aliphatic carbocycles. The average Bonchev–Trinajstić information content (AvgIpc) is 2.37. The summed E-state index contributed by atoms with van der Waals surface area (Å²) >= 11 is 0. The number of nitrogens with zero attached hydrogens (tertiary/aromatic N) is 2. The SMILES string of the molecule is CCCC(C)C(NCC)C1CN2CCN1CC2. The van der Waals surface area contributed by atoms with Crippen LogP contribution in [0.4, 0.5) is 0 Å². The van der Waals surface area contributed by atoms with E-state index in [1.807, 2.05) is 0 Å². The molecule has 3 atom stereocenters. The Balaban J connectivity index is 1.99. The van der Waals surface area contributed by atoms with Gasteiger partial charge in [-0.2, -0.15) is 0 Å². The fraction of sp³-hybridized carbons (Fsp3) is 1.00. The molecule has 3 heteroatoms. The number of piperazine rings is 3. The molecule has 1 N–H and O–H groups in total. The molecule has 3 aliphatic heterocycles. The molecular weight excluding hydrogens is 210 g/mol. The largest absolute Gasteiger partial charge is 0.312 e. The number of rotatable bonds is 6. The highest BCUT2D eigenvalue weighted by molar-refractivity contribution is 4.96. The first-order valence-electron chi connectivity index (χ1n) is 7.46. The Labute approximate surface area is 107 Å². The summed E-state index contributed by atoms with van der Waals surface area (Å²) in [5.74, 6) is 0.797. The van der Waals surface area contributed by atoms with E-state index in [1.165, 1.54) is 45.6 Å². The average molecular weight is 239 g/mol. The molecule has 3 saturated heterocycles. The van der Waals surface area contributed by atoms with Gasteiger partial charge in [0.1, 0.15) is 0 Å². The van der Waals surface area contributed by atoms with Crippen LogP contribution >= 0.6 is 0 Å². The maximum Gasteiger partial charge on any atom is 0.0380 e. The van der Waals surface area contributed by atoms with Gasteiger partial charge in [0.05, 0.1) is 0 Å². The quantitative estimate of drug-likeness (QED) is 0.756. The van der Waals surface area contributed by atoms with Crippen molar-refractivity contribution < 1.29 is 0 Å². The van der Waals surface area contributed by atoms with E-state index in [0.717, 1.165) is 18.5 Å². The highest BCUT2D eigenvalue weighted by Crippen LogP contribution is 2.24. The first-order chi connectivity index (χ1) is 8.26. The van der Waals surface area contributed by atoms with Gasteiger partial charge >= 0.3 is 0 Å². The van der Waals surface area contributed by atoms with Gasteiger partial charge in [0.25, 0.3) is 0 Å². The zero-order valence-electron chi connectivity index (χ0n) is 11.8. The predicted octanol–water partition coefficient (Wildman–Crippen LogP) is 1.40. The van der Waals surface area contributed by atoms with Crippen LogP contribution in [0.1, 0.15) is 33.6 Å². The number of hydrogen-bond donors (Lipinski definition) is 1. The smallest absolute Gasteiger partial charge is 0.0380 e. The van der Waals surface area contributed by atoms with Gasteiger partial charge in [-0.3, -0.25) is 9.80 Å². The molecule has 0 saturated carbocycles. The number of hydrogen-bond acceptors (Lipinski definition) is 3. The van der Waals surface area contributed by atoms with Crippen molar-refractivity contribution in [3.05, 3.63) is 0 Å². The molecule has 3 nitrogen and oxygen atoms in total. The summed E-state index contributed by atoms with van der Waals surface area (Å²) < 4.78 is 0. The normalized spacial score (nSPS) is 35.8. The zero-order valence-corrected chi connectivity index (χ0v) is 11.8. The van der Waals surface area contributed by atoms with Crippen molar-refractivity contribution in [1.82, 2.24) is 15.1 Å². The van der Waals surface area contributed by atoms with Crippen molar-refractivity contribution in [2.75, 3.05) is 39.3 Å². The third-order valence-electron chi connectivity index (χ3n) is 4.53. The summed E-state index contributed by atoms with van der Waals surface area (Å²) in [6.07, 6.45) is 2.65. The van der Waals surface area contributed by atoms with Gasteiger partial charge in [-0.25, -0.2) is 0 Å². The van der Waals surface area contributed by atoms with E-state index in [2.05, 4.69) is 35.9 Å². The van der Waals surface area contributed by atoms with E-state index >= 15 is 0 Å². The van der Waals surface area contributed by atoms with E-state index in [0.29, 0.717) is 6.04 Å². The summed E-state index contributed by atoms with van der Waals surface area (Å²) in [5.41, 5.74) is 0. The monoisotopic (exact) mass is 239 g/mol. The minimum atomic E-state index is 0.683. The molecule has 100 valence electrons. The number of fused-ring (bicyclic) bond motifs is 3. The van der Waals surface area contributed by atoms with E-state index in [9.17, 15) is 0 Å². The maximum absolute atomic E-state index is 3.75. The molecule has 0 aromatic heterocycles. The third kappa shape index (κ3) is 3.01. The molecule has 3 fully saturated rings. The molecule has 3 unspecified atom stereocenters.